The number of quaternary nitrogens is 1. The largest absolute Gasteiger partial charge is 0.337 e. The van der Waals surface area contributed by atoms with Crippen molar-refractivity contribution in [1.82, 2.24) is 4.90 Å². The maximum absolute atomic E-state index is 13.1. The van der Waals surface area contributed by atoms with E-state index in [2.05, 4.69) is 5.32 Å². The van der Waals surface area contributed by atoms with Crippen LogP contribution in [0.5, 0.6) is 0 Å². The first kappa shape index (κ1) is 18.1. The van der Waals surface area contributed by atoms with Gasteiger partial charge in [0.25, 0.3) is 11.8 Å². The maximum atomic E-state index is 13.1. The summed E-state index contributed by atoms with van der Waals surface area (Å²) in [7, 11) is 3.53. The first-order valence-corrected chi connectivity index (χ1v) is 8.50. The van der Waals surface area contributed by atoms with Gasteiger partial charge in [-0.05, 0) is 40.6 Å². The standard InChI is InChI=1S/C17H20FN3O2S/c1-20(10-16(22)19-15-5-3-4-14(18)8-15)11-17(23)21(2)9-13-6-7-24-12-13/h3-8,12H,9-11H2,1-2H3,(H,19,22)/p+1. The van der Waals surface area contributed by atoms with Crippen molar-refractivity contribution in [2.45, 2.75) is 6.54 Å². The summed E-state index contributed by atoms with van der Waals surface area (Å²) < 4.78 is 13.1. The summed E-state index contributed by atoms with van der Waals surface area (Å²) in [6.07, 6.45) is 0. The lowest BCUT2D eigenvalue weighted by molar-refractivity contribution is -0.862. The Morgan fingerprint density at radius 2 is 2.08 bits per heavy atom. The lowest BCUT2D eigenvalue weighted by atomic mass is 10.3. The molecule has 0 radical (unpaired) electrons. The molecule has 0 bridgehead atoms. The minimum Gasteiger partial charge on any atom is -0.337 e. The zero-order valence-electron chi connectivity index (χ0n) is 13.7. The average Bonchev–Trinajstić information content (AvgIpc) is 2.99. The molecule has 2 aromatic rings. The zero-order chi connectivity index (χ0) is 17.5. The molecule has 7 heteroatoms. The number of amides is 2. The molecule has 0 aliphatic rings. The van der Waals surface area contributed by atoms with E-state index in [1.54, 1.807) is 36.4 Å². The van der Waals surface area contributed by atoms with Crippen LogP contribution in [0, 0.1) is 5.82 Å². The predicted molar refractivity (Wildman–Crippen MR) is 92.4 cm³/mol. The lowest BCUT2D eigenvalue weighted by Gasteiger charge is -2.19. The number of thiophene rings is 1. The normalized spacial score (nSPS) is 11.8. The molecule has 2 amide bonds. The average molecular weight is 350 g/mol. The van der Waals surface area contributed by atoms with E-state index >= 15 is 0 Å². The first-order chi connectivity index (χ1) is 11.4. The molecule has 1 atom stereocenters. The fourth-order valence-electron chi connectivity index (χ4n) is 2.25. The molecule has 1 unspecified atom stereocenters. The molecule has 0 saturated carbocycles. The Morgan fingerprint density at radius 1 is 1.29 bits per heavy atom. The molecular weight excluding hydrogens is 329 g/mol. The number of hydrogen-bond donors (Lipinski definition) is 2. The van der Waals surface area contributed by atoms with Crippen molar-refractivity contribution in [1.29, 1.82) is 0 Å². The van der Waals surface area contributed by atoms with Gasteiger partial charge in [0.05, 0.1) is 7.05 Å². The highest BCUT2D eigenvalue weighted by Gasteiger charge is 2.17. The van der Waals surface area contributed by atoms with Gasteiger partial charge in [-0.1, -0.05) is 6.07 Å². The summed E-state index contributed by atoms with van der Waals surface area (Å²) in [5, 5.41) is 6.61. The summed E-state index contributed by atoms with van der Waals surface area (Å²) in [6.45, 7) is 0.914. The Bertz CT molecular complexity index is 691. The molecule has 0 aliphatic carbocycles. The zero-order valence-corrected chi connectivity index (χ0v) is 14.5. The highest BCUT2D eigenvalue weighted by Crippen LogP contribution is 2.09. The minimum atomic E-state index is -0.404. The third kappa shape index (κ3) is 5.75. The van der Waals surface area contributed by atoms with Crippen molar-refractivity contribution in [2.75, 3.05) is 32.5 Å². The number of halogens is 1. The molecule has 1 heterocycles. The number of anilines is 1. The maximum Gasteiger partial charge on any atom is 0.279 e. The number of rotatable bonds is 7. The van der Waals surface area contributed by atoms with Gasteiger partial charge in [0.1, 0.15) is 5.82 Å². The SMILES string of the molecule is CN(Cc1ccsc1)C(=O)C[NH+](C)CC(=O)Nc1cccc(F)c1. The summed E-state index contributed by atoms with van der Waals surface area (Å²) >= 11 is 1.59. The van der Waals surface area contributed by atoms with Crippen LogP contribution in [0.1, 0.15) is 5.56 Å². The third-order valence-corrected chi connectivity index (χ3v) is 4.18. The van der Waals surface area contributed by atoms with Crippen molar-refractivity contribution in [3.05, 3.63) is 52.5 Å². The number of carbonyl (C=O) groups excluding carboxylic acids is 2. The molecule has 0 spiro atoms. The topological polar surface area (TPSA) is 53.9 Å². The van der Waals surface area contributed by atoms with Gasteiger partial charge < -0.3 is 15.1 Å². The predicted octanol–water partition coefficient (Wildman–Crippen LogP) is 0.999. The van der Waals surface area contributed by atoms with Gasteiger partial charge >= 0.3 is 0 Å². The second kappa shape index (κ2) is 8.56. The number of benzene rings is 1. The number of likely N-dealkylation sites (N-methyl/N-ethyl adjacent to an activating group) is 2. The Morgan fingerprint density at radius 3 is 2.75 bits per heavy atom. The van der Waals surface area contributed by atoms with Gasteiger partial charge in [0, 0.05) is 19.3 Å². The van der Waals surface area contributed by atoms with Crippen molar-refractivity contribution in [2.24, 2.45) is 0 Å². The van der Waals surface area contributed by atoms with Gasteiger partial charge in [-0.25, -0.2) is 4.39 Å². The fraction of sp³-hybridized carbons (Fsp3) is 0.294. The lowest BCUT2D eigenvalue weighted by Crippen LogP contribution is -3.11. The van der Waals surface area contributed by atoms with Gasteiger partial charge in [-0.3, -0.25) is 9.59 Å². The van der Waals surface area contributed by atoms with Crippen molar-refractivity contribution in [3.63, 3.8) is 0 Å². The van der Waals surface area contributed by atoms with Crippen LogP contribution >= 0.6 is 11.3 Å². The Labute approximate surface area is 144 Å². The molecule has 2 N–H and O–H groups in total. The van der Waals surface area contributed by atoms with Crippen molar-refractivity contribution < 1.29 is 18.9 Å². The van der Waals surface area contributed by atoms with E-state index in [1.165, 1.54) is 18.2 Å². The molecule has 5 nitrogen and oxygen atoms in total. The highest BCUT2D eigenvalue weighted by atomic mass is 32.1. The molecule has 1 aromatic carbocycles. The summed E-state index contributed by atoms with van der Waals surface area (Å²) in [4.78, 5) is 26.6. The van der Waals surface area contributed by atoms with Gasteiger partial charge in [-0.15, -0.1) is 0 Å². The smallest absolute Gasteiger partial charge is 0.279 e. The van der Waals surface area contributed by atoms with Crippen LogP contribution in [0.25, 0.3) is 0 Å². The van der Waals surface area contributed by atoms with Crippen LogP contribution in [-0.2, 0) is 16.1 Å². The summed E-state index contributed by atoms with van der Waals surface area (Å²) in [6, 6.07) is 7.71. The minimum absolute atomic E-state index is 0.0303. The highest BCUT2D eigenvalue weighted by molar-refractivity contribution is 7.07. The van der Waals surface area contributed by atoms with Crippen LogP contribution < -0.4 is 10.2 Å². The third-order valence-electron chi connectivity index (χ3n) is 3.45. The summed E-state index contributed by atoms with van der Waals surface area (Å²) in [5.41, 5.74) is 1.51. The molecular formula is C17H21FN3O2S+. The van der Waals surface area contributed by atoms with Gasteiger partial charge in [0.15, 0.2) is 13.1 Å². The van der Waals surface area contributed by atoms with Crippen LogP contribution in [0.15, 0.2) is 41.1 Å². The second-order valence-electron chi connectivity index (χ2n) is 5.75. The van der Waals surface area contributed by atoms with E-state index in [0.29, 0.717) is 12.2 Å². The number of nitrogens with zero attached hydrogens (tertiary/aromatic N) is 1. The Hall–Kier alpha value is -2.25. The van der Waals surface area contributed by atoms with Gasteiger partial charge in [-0.2, -0.15) is 11.3 Å². The second-order valence-corrected chi connectivity index (χ2v) is 6.53. The molecule has 0 saturated heterocycles. The van der Waals surface area contributed by atoms with Crippen LogP contribution in [0.3, 0.4) is 0 Å². The van der Waals surface area contributed by atoms with Crippen LogP contribution in [0.2, 0.25) is 0 Å². The molecule has 0 fully saturated rings. The Balaban J connectivity index is 1.78. The molecule has 2 rings (SSSR count). The van der Waals surface area contributed by atoms with Crippen molar-refractivity contribution in [3.8, 4) is 0 Å². The fourth-order valence-corrected chi connectivity index (χ4v) is 2.91. The molecule has 1 aromatic heterocycles. The van der Waals surface area contributed by atoms with Gasteiger partial charge in [0.2, 0.25) is 0 Å². The molecule has 24 heavy (non-hydrogen) atoms. The molecule has 128 valence electrons. The van der Waals surface area contributed by atoms with E-state index in [9.17, 15) is 14.0 Å². The summed E-state index contributed by atoms with van der Waals surface area (Å²) in [5.74, 6) is -0.692. The number of carbonyl (C=O) groups is 2. The van der Waals surface area contributed by atoms with E-state index in [1.807, 2.05) is 16.8 Å². The van der Waals surface area contributed by atoms with Crippen LogP contribution in [-0.4, -0.2) is 43.9 Å². The van der Waals surface area contributed by atoms with Crippen molar-refractivity contribution >= 4 is 28.8 Å². The van der Waals surface area contributed by atoms with E-state index < -0.39 is 5.82 Å². The number of hydrogen-bond acceptors (Lipinski definition) is 3. The monoisotopic (exact) mass is 350 g/mol. The quantitative estimate of drug-likeness (QED) is 0.783. The molecule has 0 aliphatic heterocycles. The van der Waals surface area contributed by atoms with E-state index in [-0.39, 0.29) is 24.9 Å². The van der Waals surface area contributed by atoms with Crippen LogP contribution in [0.4, 0.5) is 10.1 Å². The van der Waals surface area contributed by atoms with E-state index in [4.69, 9.17) is 0 Å². The van der Waals surface area contributed by atoms with E-state index in [0.717, 1.165) is 10.5 Å². The number of nitrogens with one attached hydrogen (secondary N) is 2. The first-order valence-electron chi connectivity index (χ1n) is 7.56. The Kier molecular flexibility index (Phi) is 6.45.